The quantitative estimate of drug-likeness (QED) is 0.818. The van der Waals surface area contributed by atoms with Crippen LogP contribution >= 0.6 is 0 Å². The van der Waals surface area contributed by atoms with Crippen molar-refractivity contribution in [3.63, 3.8) is 0 Å². The van der Waals surface area contributed by atoms with Crippen molar-refractivity contribution < 1.29 is 18.3 Å². The van der Waals surface area contributed by atoms with Gasteiger partial charge in [0.2, 0.25) is 5.91 Å². The third-order valence-electron chi connectivity index (χ3n) is 1.77. The second kappa shape index (κ2) is 5.61. The number of nitrogens with one attached hydrogen (secondary N) is 1. The number of benzene rings is 1. The van der Waals surface area contributed by atoms with Crippen LogP contribution in [0.25, 0.3) is 0 Å². The molecule has 0 saturated heterocycles. The summed E-state index contributed by atoms with van der Waals surface area (Å²) >= 11 is 0. The van der Waals surface area contributed by atoms with Gasteiger partial charge in [0.05, 0.1) is 17.3 Å². The summed E-state index contributed by atoms with van der Waals surface area (Å²) in [6, 6.07) is 5.54. The smallest absolute Gasteiger partial charge is 0.387 e. The van der Waals surface area contributed by atoms with Crippen LogP contribution in [-0.2, 0) is 4.79 Å². The Hall–Kier alpha value is -2.42. The van der Waals surface area contributed by atoms with Gasteiger partial charge in [-0.1, -0.05) is 6.58 Å². The normalized spacial score (nSPS) is 9.53. The number of rotatable bonds is 4. The Morgan fingerprint density at radius 1 is 1.59 bits per heavy atom. The topological polar surface area (TPSA) is 62.1 Å². The Morgan fingerprint density at radius 2 is 2.29 bits per heavy atom. The molecule has 0 spiro atoms. The fourth-order valence-electron chi connectivity index (χ4n) is 1.08. The minimum Gasteiger partial charge on any atom is -0.433 e. The predicted octanol–water partition coefficient (Wildman–Crippen LogP) is 2.28. The number of carbonyl (C=O) groups is 1. The van der Waals surface area contributed by atoms with E-state index in [4.69, 9.17) is 5.26 Å². The zero-order chi connectivity index (χ0) is 12.8. The molecular formula is C11H8F2N2O2. The summed E-state index contributed by atoms with van der Waals surface area (Å²) in [5.41, 5.74) is 0.209. The fourth-order valence-corrected chi connectivity index (χ4v) is 1.08. The Morgan fingerprint density at radius 3 is 2.82 bits per heavy atom. The van der Waals surface area contributed by atoms with Crippen molar-refractivity contribution in [3.8, 4) is 11.8 Å². The van der Waals surface area contributed by atoms with Gasteiger partial charge in [0.1, 0.15) is 5.75 Å². The number of carbonyl (C=O) groups excluding carboxylic acids is 1. The number of nitrogens with zero attached hydrogens (tertiary/aromatic N) is 1. The maximum atomic E-state index is 12.1. The molecule has 0 fully saturated rings. The van der Waals surface area contributed by atoms with Crippen LogP contribution in [0.5, 0.6) is 5.75 Å². The molecular weight excluding hydrogens is 230 g/mol. The first kappa shape index (κ1) is 12.6. The lowest BCUT2D eigenvalue weighted by atomic mass is 10.2. The second-order valence-electron chi connectivity index (χ2n) is 2.89. The summed E-state index contributed by atoms with van der Waals surface area (Å²) < 4.78 is 28.4. The molecule has 1 N–H and O–H groups in total. The fraction of sp³-hybridized carbons (Fsp3) is 0.0909. The SMILES string of the molecule is C=CC(=O)Nc1cc(C#N)ccc1OC(F)F. The average molecular weight is 238 g/mol. The molecule has 0 aromatic heterocycles. The highest BCUT2D eigenvalue weighted by atomic mass is 19.3. The van der Waals surface area contributed by atoms with Gasteiger partial charge < -0.3 is 10.1 Å². The summed E-state index contributed by atoms with van der Waals surface area (Å²) in [5.74, 6) is -0.798. The van der Waals surface area contributed by atoms with Crippen LogP contribution < -0.4 is 10.1 Å². The molecule has 17 heavy (non-hydrogen) atoms. The van der Waals surface area contributed by atoms with Gasteiger partial charge in [0, 0.05) is 0 Å². The van der Waals surface area contributed by atoms with Crippen molar-refractivity contribution in [3.05, 3.63) is 36.4 Å². The molecule has 0 bridgehead atoms. The van der Waals surface area contributed by atoms with Crippen LogP contribution in [0.3, 0.4) is 0 Å². The number of hydrogen-bond acceptors (Lipinski definition) is 3. The van der Waals surface area contributed by atoms with E-state index in [1.54, 1.807) is 0 Å². The Balaban J connectivity index is 3.07. The molecule has 1 aromatic carbocycles. The largest absolute Gasteiger partial charge is 0.433 e. The predicted molar refractivity (Wildman–Crippen MR) is 56.6 cm³/mol. The number of nitriles is 1. The summed E-state index contributed by atoms with van der Waals surface area (Å²) in [7, 11) is 0. The second-order valence-corrected chi connectivity index (χ2v) is 2.89. The van der Waals surface area contributed by atoms with E-state index in [9.17, 15) is 13.6 Å². The summed E-state index contributed by atoms with van der Waals surface area (Å²) in [5, 5.41) is 10.9. The molecule has 6 heteroatoms. The Bertz CT molecular complexity index is 481. The first-order valence-corrected chi connectivity index (χ1v) is 4.49. The van der Waals surface area contributed by atoms with Crippen molar-refractivity contribution in [2.45, 2.75) is 6.61 Å². The number of alkyl halides is 2. The highest BCUT2D eigenvalue weighted by Gasteiger charge is 2.11. The number of hydrogen-bond donors (Lipinski definition) is 1. The van der Waals surface area contributed by atoms with Gasteiger partial charge in [-0.15, -0.1) is 0 Å². The maximum Gasteiger partial charge on any atom is 0.387 e. The molecule has 88 valence electrons. The van der Waals surface area contributed by atoms with Crippen LogP contribution in [-0.4, -0.2) is 12.5 Å². The van der Waals surface area contributed by atoms with Crippen LogP contribution in [0.15, 0.2) is 30.9 Å². The van der Waals surface area contributed by atoms with Gasteiger partial charge >= 0.3 is 6.61 Å². The monoisotopic (exact) mass is 238 g/mol. The third-order valence-corrected chi connectivity index (χ3v) is 1.77. The van der Waals surface area contributed by atoms with Gasteiger partial charge in [-0.2, -0.15) is 14.0 Å². The van der Waals surface area contributed by atoms with Crippen molar-refractivity contribution >= 4 is 11.6 Å². The van der Waals surface area contributed by atoms with Crippen LogP contribution in [0.2, 0.25) is 0 Å². The summed E-state index contributed by atoms with van der Waals surface area (Å²) in [6.07, 6.45) is 0.977. The Kier molecular flexibility index (Phi) is 4.17. The zero-order valence-electron chi connectivity index (χ0n) is 8.61. The molecule has 0 aliphatic heterocycles. The number of anilines is 1. The van der Waals surface area contributed by atoms with E-state index in [0.717, 1.165) is 6.08 Å². The molecule has 0 aliphatic carbocycles. The van der Waals surface area contributed by atoms with Crippen molar-refractivity contribution in [2.75, 3.05) is 5.32 Å². The molecule has 0 unspecified atom stereocenters. The highest BCUT2D eigenvalue weighted by Crippen LogP contribution is 2.27. The summed E-state index contributed by atoms with van der Waals surface area (Å²) in [6.45, 7) is 0.212. The average Bonchev–Trinajstić information content (AvgIpc) is 2.30. The molecule has 1 aromatic rings. The first-order chi connectivity index (χ1) is 8.06. The molecule has 1 amide bonds. The van der Waals surface area contributed by atoms with Gasteiger partial charge in [0.15, 0.2) is 0 Å². The van der Waals surface area contributed by atoms with E-state index in [0.29, 0.717) is 0 Å². The van der Waals surface area contributed by atoms with Crippen LogP contribution in [0.4, 0.5) is 14.5 Å². The number of amides is 1. The van der Waals surface area contributed by atoms with Crippen LogP contribution in [0, 0.1) is 11.3 Å². The molecule has 4 nitrogen and oxygen atoms in total. The van der Waals surface area contributed by atoms with E-state index >= 15 is 0 Å². The van der Waals surface area contributed by atoms with Gasteiger partial charge in [-0.25, -0.2) is 0 Å². The lowest BCUT2D eigenvalue weighted by Gasteiger charge is -2.10. The van der Waals surface area contributed by atoms with E-state index in [1.807, 2.05) is 6.07 Å². The van der Waals surface area contributed by atoms with E-state index in [1.165, 1.54) is 18.2 Å². The third kappa shape index (κ3) is 3.57. The summed E-state index contributed by atoms with van der Waals surface area (Å²) in [4.78, 5) is 11.1. The number of halogens is 2. The molecule has 0 aliphatic rings. The van der Waals surface area contributed by atoms with Crippen molar-refractivity contribution in [1.29, 1.82) is 5.26 Å². The van der Waals surface area contributed by atoms with Crippen LogP contribution in [0.1, 0.15) is 5.56 Å². The van der Waals surface area contributed by atoms with Gasteiger partial charge in [-0.05, 0) is 24.3 Å². The lowest BCUT2D eigenvalue weighted by molar-refractivity contribution is -0.112. The zero-order valence-corrected chi connectivity index (χ0v) is 8.61. The highest BCUT2D eigenvalue weighted by molar-refractivity contribution is 6.00. The molecule has 0 atom stereocenters. The molecule has 1 rings (SSSR count). The standard InChI is InChI=1S/C11H8F2N2O2/c1-2-10(16)15-8-5-7(6-14)3-4-9(8)17-11(12)13/h2-5,11H,1H2,(H,15,16). The minimum absolute atomic E-state index is 0.00532. The first-order valence-electron chi connectivity index (χ1n) is 4.49. The van der Waals surface area contributed by atoms with E-state index in [-0.39, 0.29) is 17.0 Å². The van der Waals surface area contributed by atoms with E-state index in [2.05, 4.69) is 16.6 Å². The molecule has 0 heterocycles. The maximum absolute atomic E-state index is 12.1. The molecule has 0 radical (unpaired) electrons. The van der Waals surface area contributed by atoms with E-state index < -0.39 is 12.5 Å². The Labute approximate surface area is 96.1 Å². The lowest BCUT2D eigenvalue weighted by Crippen LogP contribution is -2.11. The van der Waals surface area contributed by atoms with Gasteiger partial charge in [0.25, 0.3) is 0 Å². The van der Waals surface area contributed by atoms with Crippen molar-refractivity contribution in [2.24, 2.45) is 0 Å². The minimum atomic E-state index is -3.01. The van der Waals surface area contributed by atoms with Crippen molar-refractivity contribution in [1.82, 2.24) is 0 Å². The molecule has 0 saturated carbocycles. The number of ether oxygens (including phenoxy) is 1. The van der Waals surface area contributed by atoms with Gasteiger partial charge in [-0.3, -0.25) is 4.79 Å².